The molecule has 2 atom stereocenters. The Morgan fingerprint density at radius 2 is 2.00 bits per heavy atom. The molecule has 28 heavy (non-hydrogen) atoms. The van der Waals surface area contributed by atoms with Crippen LogP contribution in [0.3, 0.4) is 0 Å². The standard InChI is InChI=1S/C20H26N2O5S/c1-5-22(14(2)19(23)21-20(24)26-4)12-15-8-9-17(18(11-15)25-3)27-13-16-7-6-10-28-16/h6-11,14H,5,12-13H2,1-4H3,(H,21,23,24)/p+1/t14-/m1/s1. The molecule has 2 aromatic rings. The molecular weight excluding hydrogens is 380 g/mol. The van der Waals surface area contributed by atoms with E-state index in [0.29, 0.717) is 31.2 Å². The molecule has 0 saturated heterocycles. The maximum Gasteiger partial charge on any atom is 0.413 e. The van der Waals surface area contributed by atoms with Gasteiger partial charge in [-0.15, -0.1) is 11.3 Å². The van der Waals surface area contributed by atoms with E-state index in [1.54, 1.807) is 25.4 Å². The Morgan fingerprint density at radius 1 is 1.21 bits per heavy atom. The highest BCUT2D eigenvalue weighted by molar-refractivity contribution is 7.09. The summed E-state index contributed by atoms with van der Waals surface area (Å²) in [6.45, 7) is 5.59. The number of quaternary nitrogens is 1. The Morgan fingerprint density at radius 3 is 2.61 bits per heavy atom. The van der Waals surface area contributed by atoms with Crippen LogP contribution in [0.4, 0.5) is 4.79 Å². The second kappa shape index (κ2) is 10.7. The van der Waals surface area contributed by atoms with E-state index in [1.807, 2.05) is 42.6 Å². The summed E-state index contributed by atoms with van der Waals surface area (Å²) < 4.78 is 15.8. The van der Waals surface area contributed by atoms with Gasteiger partial charge in [0.1, 0.15) is 13.2 Å². The van der Waals surface area contributed by atoms with Crippen molar-refractivity contribution in [3.63, 3.8) is 0 Å². The molecule has 0 radical (unpaired) electrons. The third kappa shape index (κ3) is 5.97. The minimum Gasteiger partial charge on any atom is -0.493 e. The van der Waals surface area contributed by atoms with Crippen molar-refractivity contribution in [1.82, 2.24) is 5.32 Å². The maximum absolute atomic E-state index is 12.2. The largest absolute Gasteiger partial charge is 0.493 e. The number of likely N-dealkylation sites (N-methyl/N-ethyl adjacent to an activating group) is 1. The maximum atomic E-state index is 12.2. The zero-order valence-electron chi connectivity index (χ0n) is 16.6. The molecule has 8 heteroatoms. The fourth-order valence-corrected chi connectivity index (χ4v) is 3.39. The Balaban J connectivity index is 2.04. The van der Waals surface area contributed by atoms with Gasteiger partial charge in [-0.2, -0.15) is 0 Å². The fourth-order valence-electron chi connectivity index (χ4n) is 2.78. The van der Waals surface area contributed by atoms with Crippen molar-refractivity contribution in [1.29, 1.82) is 0 Å². The van der Waals surface area contributed by atoms with E-state index >= 15 is 0 Å². The van der Waals surface area contributed by atoms with Crippen LogP contribution < -0.4 is 19.7 Å². The summed E-state index contributed by atoms with van der Waals surface area (Å²) in [6.07, 6.45) is -0.749. The number of imide groups is 1. The van der Waals surface area contributed by atoms with Gasteiger partial charge in [0.2, 0.25) is 0 Å². The number of thiophene rings is 1. The minimum atomic E-state index is -0.749. The summed E-state index contributed by atoms with van der Waals surface area (Å²) in [5, 5.41) is 4.24. The summed E-state index contributed by atoms with van der Waals surface area (Å²) in [5.74, 6) is 0.955. The number of nitrogens with one attached hydrogen (secondary N) is 2. The van der Waals surface area contributed by atoms with Crippen molar-refractivity contribution < 1.29 is 28.7 Å². The molecule has 0 aliphatic carbocycles. The van der Waals surface area contributed by atoms with Crippen LogP contribution in [-0.2, 0) is 22.7 Å². The van der Waals surface area contributed by atoms with Crippen LogP contribution in [0.1, 0.15) is 24.3 Å². The van der Waals surface area contributed by atoms with Crippen molar-refractivity contribution in [3.05, 3.63) is 46.2 Å². The van der Waals surface area contributed by atoms with Crippen LogP contribution in [0.25, 0.3) is 0 Å². The van der Waals surface area contributed by atoms with Crippen molar-refractivity contribution >= 4 is 23.3 Å². The van der Waals surface area contributed by atoms with E-state index in [4.69, 9.17) is 9.47 Å². The van der Waals surface area contributed by atoms with E-state index in [0.717, 1.165) is 15.3 Å². The monoisotopic (exact) mass is 407 g/mol. The molecule has 0 saturated carbocycles. The molecule has 0 fully saturated rings. The minimum absolute atomic E-state index is 0.369. The first-order chi connectivity index (χ1) is 13.5. The number of amides is 2. The first kappa shape index (κ1) is 21.7. The number of alkyl carbamates (subject to hydrolysis) is 1. The lowest BCUT2D eigenvalue weighted by atomic mass is 10.1. The Kier molecular flexibility index (Phi) is 8.28. The lowest BCUT2D eigenvalue weighted by Crippen LogP contribution is -3.15. The number of hydrogen-bond donors (Lipinski definition) is 2. The van der Waals surface area contributed by atoms with Crippen LogP contribution in [-0.4, -0.2) is 38.8 Å². The summed E-state index contributed by atoms with van der Waals surface area (Å²) in [7, 11) is 2.83. The van der Waals surface area contributed by atoms with Gasteiger partial charge in [0.05, 0.1) is 20.8 Å². The highest BCUT2D eigenvalue weighted by atomic mass is 32.1. The molecule has 2 N–H and O–H groups in total. The van der Waals surface area contributed by atoms with Crippen LogP contribution in [0.5, 0.6) is 11.5 Å². The van der Waals surface area contributed by atoms with E-state index in [1.165, 1.54) is 7.11 Å². The van der Waals surface area contributed by atoms with E-state index in [2.05, 4.69) is 10.1 Å². The number of ether oxygens (including phenoxy) is 3. The Hall–Kier alpha value is -2.58. The fraction of sp³-hybridized carbons (Fsp3) is 0.400. The molecular formula is C20H27N2O5S+. The molecule has 0 bridgehead atoms. The highest BCUT2D eigenvalue weighted by Gasteiger charge is 2.26. The van der Waals surface area contributed by atoms with Gasteiger partial charge in [0.25, 0.3) is 5.91 Å². The predicted molar refractivity (Wildman–Crippen MR) is 107 cm³/mol. The number of methoxy groups -OCH3 is 2. The number of hydrogen-bond acceptors (Lipinski definition) is 6. The molecule has 1 heterocycles. The second-order valence-corrected chi connectivity index (χ2v) is 7.28. The van der Waals surface area contributed by atoms with Gasteiger partial charge >= 0.3 is 6.09 Å². The number of carbonyl (C=O) groups excluding carboxylic acids is 2. The molecule has 152 valence electrons. The number of rotatable bonds is 9. The average molecular weight is 408 g/mol. The first-order valence-corrected chi connectivity index (χ1v) is 9.91. The Bertz CT molecular complexity index is 779. The highest BCUT2D eigenvalue weighted by Crippen LogP contribution is 2.29. The summed E-state index contributed by atoms with van der Waals surface area (Å²) in [5.41, 5.74) is 1.01. The van der Waals surface area contributed by atoms with Crippen LogP contribution >= 0.6 is 11.3 Å². The SMILES string of the molecule is CC[NH+](Cc1ccc(OCc2cccs2)c(OC)c1)[C@H](C)C(=O)NC(=O)OC. The van der Waals surface area contributed by atoms with Crippen molar-refractivity contribution in [3.8, 4) is 11.5 Å². The zero-order valence-corrected chi connectivity index (χ0v) is 17.4. The van der Waals surface area contributed by atoms with Gasteiger partial charge in [-0.25, -0.2) is 4.79 Å². The molecule has 1 aromatic heterocycles. The van der Waals surface area contributed by atoms with Gasteiger partial charge < -0.3 is 19.1 Å². The van der Waals surface area contributed by atoms with Crippen molar-refractivity contribution in [2.75, 3.05) is 20.8 Å². The summed E-state index contributed by atoms with van der Waals surface area (Å²) in [6, 6.07) is 9.37. The second-order valence-electron chi connectivity index (χ2n) is 6.24. The van der Waals surface area contributed by atoms with Gasteiger partial charge in [-0.05, 0) is 43.5 Å². The molecule has 2 rings (SSSR count). The molecule has 1 unspecified atom stereocenters. The van der Waals surface area contributed by atoms with Crippen LogP contribution in [0.2, 0.25) is 0 Å². The van der Waals surface area contributed by atoms with Gasteiger partial charge in [-0.3, -0.25) is 10.1 Å². The normalized spacial score (nSPS) is 12.7. The third-order valence-corrected chi connectivity index (χ3v) is 5.33. The van der Waals surface area contributed by atoms with Gasteiger partial charge in [0.15, 0.2) is 17.5 Å². The quantitative estimate of drug-likeness (QED) is 0.665. The summed E-state index contributed by atoms with van der Waals surface area (Å²) >= 11 is 1.64. The van der Waals surface area contributed by atoms with Gasteiger partial charge in [0, 0.05) is 10.4 Å². The molecule has 7 nitrogen and oxygen atoms in total. The average Bonchev–Trinajstić information content (AvgIpc) is 3.23. The molecule has 0 aliphatic rings. The van der Waals surface area contributed by atoms with E-state index in [-0.39, 0.29) is 5.91 Å². The smallest absolute Gasteiger partial charge is 0.413 e. The molecule has 0 aliphatic heterocycles. The predicted octanol–water partition coefficient (Wildman–Crippen LogP) is 2.01. The topological polar surface area (TPSA) is 78.3 Å². The van der Waals surface area contributed by atoms with Gasteiger partial charge in [-0.1, -0.05) is 6.07 Å². The molecule has 0 spiro atoms. The number of benzene rings is 1. The lowest BCUT2D eigenvalue weighted by molar-refractivity contribution is -0.926. The first-order valence-electron chi connectivity index (χ1n) is 9.04. The Labute approximate surface area is 169 Å². The van der Waals surface area contributed by atoms with Crippen molar-refractivity contribution in [2.24, 2.45) is 0 Å². The zero-order chi connectivity index (χ0) is 20.5. The molecule has 1 aromatic carbocycles. The van der Waals surface area contributed by atoms with E-state index < -0.39 is 12.1 Å². The lowest BCUT2D eigenvalue weighted by Gasteiger charge is -2.24. The van der Waals surface area contributed by atoms with Crippen LogP contribution in [0.15, 0.2) is 35.7 Å². The molecule has 2 amide bonds. The van der Waals surface area contributed by atoms with E-state index in [9.17, 15) is 9.59 Å². The van der Waals surface area contributed by atoms with Crippen LogP contribution in [0, 0.1) is 0 Å². The van der Waals surface area contributed by atoms with Crippen molar-refractivity contribution in [2.45, 2.75) is 33.0 Å². The summed E-state index contributed by atoms with van der Waals surface area (Å²) in [4.78, 5) is 25.6. The number of carbonyl (C=O) groups is 2. The third-order valence-electron chi connectivity index (χ3n) is 4.48.